The Hall–Kier alpha value is -1.57. The van der Waals surface area contributed by atoms with Gasteiger partial charge in [0.1, 0.15) is 5.52 Å². The normalized spacial score (nSPS) is 28.4. The fourth-order valence-electron chi connectivity index (χ4n) is 4.67. The monoisotopic (exact) mass is 267 g/mol. The maximum absolute atomic E-state index is 5.74. The summed E-state index contributed by atoms with van der Waals surface area (Å²) in [6, 6.07) is 0. The third kappa shape index (κ3) is 1.42. The Bertz CT molecular complexity index is 697. The maximum atomic E-state index is 5.74. The van der Waals surface area contributed by atoms with Gasteiger partial charge in [0, 0.05) is 5.56 Å². The van der Waals surface area contributed by atoms with E-state index in [1.54, 1.807) is 17.5 Å². The standard InChI is InChI=1S/C18H21NO/c1-4-12-8-10(2)15-11(3)17-18(20-9-19-17)14-7-5-6-13(12)16(14)15/h4,9-10,12-13H,1,5-8H2,2-3H3/t10?,12-,13+/m0/s1. The first-order valence-corrected chi connectivity index (χ1v) is 7.73. The minimum atomic E-state index is 0.599. The SMILES string of the molecule is C=C[C@H]1CC(C)c2c3c(c4ocnc4c2C)CCC[C@@H]31. The maximum Gasteiger partial charge on any atom is 0.182 e. The molecule has 1 aromatic carbocycles. The molecule has 0 saturated carbocycles. The van der Waals surface area contributed by atoms with Crippen LogP contribution in [-0.4, -0.2) is 4.98 Å². The molecule has 0 aliphatic heterocycles. The molecule has 0 amide bonds. The predicted octanol–water partition coefficient (Wildman–Crippen LogP) is 4.87. The van der Waals surface area contributed by atoms with Gasteiger partial charge in [-0.25, -0.2) is 4.98 Å². The van der Waals surface area contributed by atoms with E-state index in [1.165, 1.54) is 30.4 Å². The summed E-state index contributed by atoms with van der Waals surface area (Å²) in [7, 11) is 0. The summed E-state index contributed by atoms with van der Waals surface area (Å²) in [6.45, 7) is 8.66. The van der Waals surface area contributed by atoms with E-state index in [4.69, 9.17) is 4.42 Å². The van der Waals surface area contributed by atoms with E-state index in [1.807, 2.05) is 0 Å². The van der Waals surface area contributed by atoms with Crippen LogP contribution < -0.4 is 0 Å². The van der Waals surface area contributed by atoms with Gasteiger partial charge < -0.3 is 4.42 Å². The lowest BCUT2D eigenvalue weighted by atomic mass is 9.64. The molecule has 2 aromatic rings. The van der Waals surface area contributed by atoms with E-state index in [0.29, 0.717) is 17.8 Å². The summed E-state index contributed by atoms with van der Waals surface area (Å²) in [5.41, 5.74) is 8.05. The van der Waals surface area contributed by atoms with Crippen molar-refractivity contribution in [1.82, 2.24) is 4.98 Å². The number of oxazole rings is 1. The lowest BCUT2D eigenvalue weighted by molar-refractivity contribution is 0.366. The highest BCUT2D eigenvalue weighted by Gasteiger charge is 2.38. The molecule has 104 valence electrons. The topological polar surface area (TPSA) is 26.0 Å². The Morgan fingerprint density at radius 2 is 2.25 bits per heavy atom. The van der Waals surface area contributed by atoms with Gasteiger partial charge in [-0.3, -0.25) is 0 Å². The summed E-state index contributed by atoms with van der Waals surface area (Å²) >= 11 is 0. The van der Waals surface area contributed by atoms with Crippen molar-refractivity contribution in [3.63, 3.8) is 0 Å². The second-order valence-electron chi connectivity index (χ2n) is 6.50. The van der Waals surface area contributed by atoms with Crippen LogP contribution in [0.15, 0.2) is 23.5 Å². The second kappa shape index (κ2) is 4.21. The van der Waals surface area contributed by atoms with Gasteiger partial charge in [-0.15, -0.1) is 6.58 Å². The van der Waals surface area contributed by atoms with Crippen molar-refractivity contribution < 1.29 is 4.42 Å². The van der Waals surface area contributed by atoms with Crippen molar-refractivity contribution in [2.75, 3.05) is 0 Å². The molecule has 0 spiro atoms. The van der Waals surface area contributed by atoms with Gasteiger partial charge in [0.15, 0.2) is 12.0 Å². The van der Waals surface area contributed by atoms with Crippen LogP contribution in [0.1, 0.15) is 60.3 Å². The number of hydrogen-bond acceptors (Lipinski definition) is 2. The highest BCUT2D eigenvalue weighted by atomic mass is 16.3. The van der Waals surface area contributed by atoms with Gasteiger partial charge in [0.2, 0.25) is 0 Å². The van der Waals surface area contributed by atoms with Crippen molar-refractivity contribution in [1.29, 1.82) is 0 Å². The van der Waals surface area contributed by atoms with Crippen molar-refractivity contribution in [2.45, 2.75) is 51.4 Å². The molecule has 4 rings (SSSR count). The van der Waals surface area contributed by atoms with Gasteiger partial charge in [-0.1, -0.05) is 13.0 Å². The first-order valence-electron chi connectivity index (χ1n) is 7.73. The number of nitrogens with zero attached hydrogens (tertiary/aromatic N) is 1. The van der Waals surface area contributed by atoms with E-state index >= 15 is 0 Å². The van der Waals surface area contributed by atoms with Crippen molar-refractivity contribution in [3.8, 4) is 0 Å². The van der Waals surface area contributed by atoms with Gasteiger partial charge >= 0.3 is 0 Å². The van der Waals surface area contributed by atoms with E-state index in [0.717, 1.165) is 17.5 Å². The second-order valence-corrected chi connectivity index (χ2v) is 6.50. The Morgan fingerprint density at radius 1 is 1.40 bits per heavy atom. The number of aromatic nitrogens is 1. The third-order valence-corrected chi connectivity index (χ3v) is 5.47. The number of hydrogen-bond donors (Lipinski definition) is 0. The Labute approximate surface area is 119 Å². The molecule has 1 unspecified atom stereocenters. The smallest absolute Gasteiger partial charge is 0.182 e. The van der Waals surface area contributed by atoms with Gasteiger partial charge in [0.25, 0.3) is 0 Å². The fraction of sp³-hybridized carbons (Fsp3) is 0.500. The van der Waals surface area contributed by atoms with Crippen molar-refractivity contribution >= 4 is 11.1 Å². The van der Waals surface area contributed by atoms with Crippen LogP contribution in [0.25, 0.3) is 11.1 Å². The minimum Gasteiger partial charge on any atom is -0.443 e. The average Bonchev–Trinajstić information content (AvgIpc) is 2.94. The Balaban J connectivity index is 2.10. The summed E-state index contributed by atoms with van der Waals surface area (Å²) < 4.78 is 5.74. The molecular weight excluding hydrogens is 246 g/mol. The largest absolute Gasteiger partial charge is 0.443 e. The molecule has 0 saturated heterocycles. The summed E-state index contributed by atoms with van der Waals surface area (Å²) in [5.74, 6) is 1.87. The number of rotatable bonds is 1. The van der Waals surface area contributed by atoms with E-state index in [9.17, 15) is 0 Å². The molecular formula is C18H21NO. The molecule has 2 aliphatic carbocycles. The molecule has 3 atom stereocenters. The molecule has 1 heterocycles. The van der Waals surface area contributed by atoms with E-state index in [2.05, 4.69) is 31.5 Å². The fourth-order valence-corrected chi connectivity index (χ4v) is 4.67. The van der Waals surface area contributed by atoms with Gasteiger partial charge in [-0.05, 0) is 67.1 Å². The summed E-state index contributed by atoms with van der Waals surface area (Å²) in [6.07, 6.45) is 8.71. The van der Waals surface area contributed by atoms with Crippen LogP contribution in [0.5, 0.6) is 0 Å². The molecule has 2 heteroatoms. The molecule has 2 nitrogen and oxygen atoms in total. The first kappa shape index (κ1) is 12.2. The number of allylic oxidation sites excluding steroid dienone is 1. The van der Waals surface area contributed by atoms with Gasteiger partial charge in [0.05, 0.1) is 0 Å². The van der Waals surface area contributed by atoms with Crippen molar-refractivity contribution in [2.24, 2.45) is 5.92 Å². The average molecular weight is 267 g/mol. The molecule has 0 fully saturated rings. The Morgan fingerprint density at radius 3 is 3.05 bits per heavy atom. The van der Waals surface area contributed by atoms with Crippen molar-refractivity contribution in [3.05, 3.63) is 41.3 Å². The quantitative estimate of drug-likeness (QED) is 0.689. The van der Waals surface area contributed by atoms with E-state index in [-0.39, 0.29) is 0 Å². The zero-order chi connectivity index (χ0) is 13.9. The highest BCUT2D eigenvalue weighted by Crippen LogP contribution is 2.52. The third-order valence-electron chi connectivity index (χ3n) is 5.47. The number of fused-ring (bicyclic) bond motifs is 2. The van der Waals surface area contributed by atoms with E-state index < -0.39 is 0 Å². The zero-order valence-corrected chi connectivity index (χ0v) is 12.3. The van der Waals surface area contributed by atoms with Crippen LogP contribution in [-0.2, 0) is 6.42 Å². The van der Waals surface area contributed by atoms with Crippen LogP contribution in [0.3, 0.4) is 0 Å². The van der Waals surface area contributed by atoms with Crippen LogP contribution >= 0.6 is 0 Å². The summed E-state index contributed by atoms with van der Waals surface area (Å²) in [4.78, 5) is 4.47. The predicted molar refractivity (Wildman–Crippen MR) is 81.1 cm³/mol. The first-order chi connectivity index (χ1) is 9.72. The van der Waals surface area contributed by atoms with Crippen LogP contribution in [0, 0.1) is 12.8 Å². The zero-order valence-electron chi connectivity index (χ0n) is 12.3. The molecule has 0 N–H and O–H groups in total. The van der Waals surface area contributed by atoms with Crippen LogP contribution in [0.2, 0.25) is 0 Å². The van der Waals surface area contributed by atoms with Crippen LogP contribution in [0.4, 0.5) is 0 Å². The molecule has 0 radical (unpaired) electrons. The lowest BCUT2D eigenvalue weighted by Crippen LogP contribution is -2.27. The Kier molecular flexibility index (Phi) is 2.57. The number of aryl methyl sites for hydroxylation is 2. The molecule has 20 heavy (non-hydrogen) atoms. The lowest BCUT2D eigenvalue weighted by Gasteiger charge is -2.40. The minimum absolute atomic E-state index is 0.599. The molecule has 2 aliphatic rings. The number of benzene rings is 1. The van der Waals surface area contributed by atoms with Gasteiger partial charge in [-0.2, -0.15) is 0 Å². The highest BCUT2D eigenvalue weighted by molar-refractivity contribution is 5.84. The summed E-state index contributed by atoms with van der Waals surface area (Å²) in [5, 5.41) is 0. The molecule has 1 aromatic heterocycles. The molecule has 0 bridgehead atoms.